The second-order valence-electron chi connectivity index (χ2n) is 29.9. The summed E-state index contributed by atoms with van der Waals surface area (Å²) in [7, 11) is 0. The zero-order chi connectivity index (χ0) is 74.0. The van der Waals surface area contributed by atoms with Gasteiger partial charge in [0.2, 0.25) is 0 Å². The average Bonchev–Trinajstić information content (AvgIpc) is 1.40. The second-order valence-corrected chi connectivity index (χ2v) is 29.9. The molecule has 4 aliphatic carbocycles. The lowest BCUT2D eigenvalue weighted by molar-refractivity contribution is -0.360. The van der Waals surface area contributed by atoms with Crippen LogP contribution in [0.25, 0.3) is 0 Å². The van der Waals surface area contributed by atoms with Gasteiger partial charge in [0, 0.05) is 5.41 Å². The third kappa shape index (κ3) is 16.9. The standard InChI is InChI=1S/C66H114O36/c1-5-6-26(2)29-7-8-30-40-31(19-39(66(29,30)4)90-13-16-93-61-55(87)49(81)58(38(25-72)99-61)102-64-52(84)46(78)43(75)35(22-69)96-64)65(3)10-9-28(88-11-14-91-59-53(85)47(79)56(36(23-70)97-59)100-62-50(82)44(76)41(73)33(20-67)94-62)17-27(65)18-32(40)89-12-15-92-60-54(86)48(80)57(37(24-71)98-60)101-63-51(83)45(77)42(74)34(21-68)95-63/h26-64,67-87H,5-25H2,1-4H3/t26-,27+,28-,29-,30+,31+,32-,33?,34?,35?,36?,37?,38?,39+,40+,41-,42-,43-,44?,45?,46+,47?,48?,49?,50+,51+,52?,53+,54+,55+,56-,57-,58-,59-,60-,61-,62-,63-,64-,65+,66-/m1/s1. The molecule has 0 aromatic carbocycles. The summed E-state index contributed by atoms with van der Waals surface area (Å²) >= 11 is 0. The molecule has 10 rings (SSSR count). The zero-order valence-electron chi connectivity index (χ0n) is 57.9. The Morgan fingerprint density at radius 1 is 0.373 bits per heavy atom. The highest BCUT2D eigenvalue weighted by atomic mass is 16.8. The molecule has 36 heteroatoms. The van der Waals surface area contributed by atoms with Crippen LogP contribution in [0.15, 0.2) is 0 Å². The smallest absolute Gasteiger partial charge is 0.187 e. The van der Waals surface area contributed by atoms with Crippen molar-refractivity contribution in [3.63, 3.8) is 0 Å². The van der Waals surface area contributed by atoms with Crippen molar-refractivity contribution in [2.75, 3.05) is 79.3 Å². The van der Waals surface area contributed by atoms with Crippen molar-refractivity contribution in [3.8, 4) is 0 Å². The molecule has 0 radical (unpaired) electrons. The summed E-state index contributed by atoms with van der Waals surface area (Å²) in [5.74, 6) is 0.465. The van der Waals surface area contributed by atoms with Gasteiger partial charge in [-0.3, -0.25) is 0 Å². The fourth-order valence-corrected chi connectivity index (χ4v) is 18.5. The lowest BCUT2D eigenvalue weighted by Crippen LogP contribution is -2.64. The van der Waals surface area contributed by atoms with Crippen LogP contribution in [-0.4, -0.2) is 389 Å². The maximum Gasteiger partial charge on any atom is 0.187 e. The molecule has 0 amide bonds. The highest BCUT2D eigenvalue weighted by Crippen LogP contribution is 2.69. The Morgan fingerprint density at radius 3 is 1.13 bits per heavy atom. The molecule has 594 valence electrons. The summed E-state index contributed by atoms with van der Waals surface area (Å²) in [5, 5.41) is 222. The minimum atomic E-state index is -1.86. The number of aliphatic hydroxyl groups excluding tert-OH is 21. The van der Waals surface area contributed by atoms with Gasteiger partial charge < -0.3 is 178 Å². The first-order valence-corrected chi connectivity index (χ1v) is 36.1. The Labute approximate surface area is 590 Å². The van der Waals surface area contributed by atoms with Crippen molar-refractivity contribution in [1.82, 2.24) is 0 Å². The van der Waals surface area contributed by atoms with Gasteiger partial charge in [0.15, 0.2) is 37.7 Å². The molecule has 12 unspecified atom stereocenters. The summed E-state index contributed by atoms with van der Waals surface area (Å²) in [6.45, 7) is 4.01. The van der Waals surface area contributed by atoms with Crippen LogP contribution in [0.5, 0.6) is 0 Å². The van der Waals surface area contributed by atoms with Crippen LogP contribution in [0.2, 0.25) is 0 Å². The lowest BCUT2D eigenvalue weighted by Gasteiger charge is -2.64. The topological polar surface area (TPSA) is 563 Å². The van der Waals surface area contributed by atoms with Crippen molar-refractivity contribution >= 4 is 0 Å². The van der Waals surface area contributed by atoms with Crippen molar-refractivity contribution in [2.45, 2.75) is 288 Å². The molecule has 0 bridgehead atoms. The monoisotopic (exact) mass is 1480 g/mol. The highest BCUT2D eigenvalue weighted by Gasteiger charge is 2.67. The molecule has 102 heavy (non-hydrogen) atoms. The van der Waals surface area contributed by atoms with Crippen LogP contribution >= 0.6 is 0 Å². The first-order chi connectivity index (χ1) is 48.6. The van der Waals surface area contributed by atoms with Crippen LogP contribution in [0, 0.1) is 46.3 Å². The van der Waals surface area contributed by atoms with E-state index in [4.69, 9.17) is 71.1 Å². The van der Waals surface area contributed by atoms with Gasteiger partial charge in [0.1, 0.15) is 146 Å². The number of ether oxygens (including phenoxy) is 15. The van der Waals surface area contributed by atoms with Gasteiger partial charge in [-0.1, -0.05) is 40.5 Å². The van der Waals surface area contributed by atoms with E-state index in [1.165, 1.54) is 0 Å². The predicted molar refractivity (Wildman–Crippen MR) is 336 cm³/mol. The first kappa shape index (κ1) is 83.0. The normalized spacial score (nSPS) is 51.0. The van der Waals surface area contributed by atoms with E-state index in [2.05, 4.69) is 27.7 Å². The Kier molecular flexibility index (Phi) is 29.4. The van der Waals surface area contributed by atoms with E-state index in [1.807, 2.05) is 0 Å². The third-order valence-electron chi connectivity index (χ3n) is 24.2. The summed E-state index contributed by atoms with van der Waals surface area (Å²) in [6.07, 6.45) is -43.5. The molecule has 0 aromatic rings. The van der Waals surface area contributed by atoms with Gasteiger partial charge in [-0.05, 0) is 85.9 Å². The number of rotatable bonds is 30. The molecular formula is C66H114O36. The van der Waals surface area contributed by atoms with Crippen LogP contribution in [0.3, 0.4) is 0 Å². The molecular weight excluding hydrogens is 1370 g/mol. The molecule has 0 spiro atoms. The quantitative estimate of drug-likeness (QED) is 0.0297. The first-order valence-electron chi connectivity index (χ1n) is 36.1. The maximum absolute atomic E-state index is 11.4. The van der Waals surface area contributed by atoms with E-state index in [9.17, 15) is 107 Å². The number of hydrogen-bond acceptors (Lipinski definition) is 36. The minimum Gasteiger partial charge on any atom is -0.394 e. The van der Waals surface area contributed by atoms with Crippen LogP contribution in [-0.2, 0) is 71.1 Å². The van der Waals surface area contributed by atoms with Gasteiger partial charge >= 0.3 is 0 Å². The molecule has 6 saturated heterocycles. The fourth-order valence-electron chi connectivity index (χ4n) is 18.5. The third-order valence-corrected chi connectivity index (χ3v) is 24.2. The van der Waals surface area contributed by atoms with E-state index in [1.54, 1.807) is 0 Å². The molecule has 10 fully saturated rings. The summed E-state index contributed by atoms with van der Waals surface area (Å²) in [6, 6.07) is 0. The van der Waals surface area contributed by atoms with E-state index in [0.717, 1.165) is 32.1 Å². The molecule has 4 saturated carbocycles. The molecule has 6 heterocycles. The molecule has 36 nitrogen and oxygen atoms in total. The van der Waals surface area contributed by atoms with Crippen molar-refractivity contribution in [2.24, 2.45) is 46.3 Å². The summed E-state index contributed by atoms with van der Waals surface area (Å²) in [5.41, 5.74) is -0.753. The summed E-state index contributed by atoms with van der Waals surface area (Å²) in [4.78, 5) is 0. The fraction of sp³-hybridized carbons (Fsp3) is 1.00. The molecule has 0 aromatic heterocycles. The molecule has 41 atom stereocenters. The Hall–Kier alpha value is -1.44. The van der Waals surface area contributed by atoms with Gasteiger partial charge in [0.05, 0.1) is 97.6 Å². The summed E-state index contributed by atoms with van der Waals surface area (Å²) < 4.78 is 90.0. The number of fused-ring (bicyclic) bond motifs is 5. The number of aliphatic hydroxyl groups is 21. The SMILES string of the molecule is CCC[C@@H](C)[C@H]1CC[C@H]2[C@@H]3[C@H](OCCO[C@@H]4OC(CO)[C@@H](O[C@H]5OC(CO)[C@@H](O)C(O)[C@@H]5O)C(O)[C@@H]4O)C[C@@H]4C[C@H](OCCO[C@@H]5OC(CO)[C@@H](O[C@H]6OC(CO)[C@@H](O)C(O)[C@@H]6O)C(O)[C@@H]5O)CC[C@]4(C)[C@H]3C[C@H](OCCO[C@@H]3OC(CO)[C@@H](O[C@H]4OC(CO)[C@@H](O)[C@H](O)C4O)C(O)[C@@H]3O)[C@]12C. The maximum atomic E-state index is 11.4. The second kappa shape index (κ2) is 36.2. The van der Waals surface area contributed by atoms with Gasteiger partial charge in [-0.25, -0.2) is 0 Å². The van der Waals surface area contributed by atoms with Gasteiger partial charge in [-0.2, -0.15) is 0 Å². The van der Waals surface area contributed by atoms with E-state index in [0.29, 0.717) is 25.7 Å². The lowest BCUT2D eigenvalue weighted by atomic mass is 9.43. The van der Waals surface area contributed by atoms with Crippen LogP contribution in [0.1, 0.15) is 85.5 Å². The van der Waals surface area contributed by atoms with E-state index < -0.39 is 229 Å². The van der Waals surface area contributed by atoms with E-state index in [-0.39, 0.29) is 98.9 Å². The number of hydrogen-bond donors (Lipinski definition) is 21. The Balaban J connectivity index is 0.821. The minimum absolute atomic E-state index is 0.00499. The highest BCUT2D eigenvalue weighted by molar-refractivity contribution is 5.15. The average molecular weight is 1480 g/mol. The Morgan fingerprint density at radius 2 is 0.735 bits per heavy atom. The van der Waals surface area contributed by atoms with E-state index >= 15 is 0 Å². The largest absolute Gasteiger partial charge is 0.394 e. The van der Waals surface area contributed by atoms with Gasteiger partial charge in [-0.15, -0.1) is 0 Å². The van der Waals surface area contributed by atoms with Crippen molar-refractivity contribution in [3.05, 3.63) is 0 Å². The molecule has 21 N–H and O–H groups in total. The van der Waals surface area contributed by atoms with Crippen molar-refractivity contribution < 1.29 is 178 Å². The van der Waals surface area contributed by atoms with Gasteiger partial charge in [0.25, 0.3) is 0 Å². The predicted octanol–water partition coefficient (Wildman–Crippen LogP) is -8.62. The van der Waals surface area contributed by atoms with Crippen LogP contribution in [0.4, 0.5) is 0 Å². The molecule has 6 aliphatic heterocycles. The van der Waals surface area contributed by atoms with Crippen molar-refractivity contribution in [1.29, 1.82) is 0 Å². The zero-order valence-corrected chi connectivity index (χ0v) is 57.9. The van der Waals surface area contributed by atoms with Crippen LogP contribution < -0.4 is 0 Å². The Bertz CT molecular complexity index is 2510. The molecule has 10 aliphatic rings.